The number of carbonyl (C=O) groups is 1. The van der Waals surface area contributed by atoms with Crippen molar-refractivity contribution in [2.75, 3.05) is 37.7 Å². The van der Waals surface area contributed by atoms with E-state index >= 15 is 0 Å². The molecule has 2 aromatic carbocycles. The zero-order chi connectivity index (χ0) is 22.0. The molecule has 0 bridgehead atoms. The number of hydrogen-bond donors (Lipinski definition) is 0. The Balaban J connectivity index is 1.37. The van der Waals surface area contributed by atoms with Crippen molar-refractivity contribution in [1.29, 1.82) is 0 Å². The molecule has 0 atom stereocenters. The molecule has 5 heteroatoms. The van der Waals surface area contributed by atoms with Crippen LogP contribution >= 0.6 is 0 Å². The van der Waals surface area contributed by atoms with Crippen LogP contribution in [-0.4, -0.2) is 48.6 Å². The molecule has 1 saturated heterocycles. The van der Waals surface area contributed by atoms with Gasteiger partial charge in [-0.1, -0.05) is 44.2 Å². The fourth-order valence-electron chi connectivity index (χ4n) is 4.15. The molecule has 1 aromatic heterocycles. The number of aromatic nitrogens is 1. The monoisotopic (exact) mass is 417 g/mol. The van der Waals surface area contributed by atoms with Gasteiger partial charge in [0.2, 0.25) is 0 Å². The van der Waals surface area contributed by atoms with Crippen LogP contribution in [0.3, 0.4) is 0 Å². The molecule has 0 radical (unpaired) electrons. The second-order valence-corrected chi connectivity index (χ2v) is 8.67. The molecule has 0 spiro atoms. The number of benzene rings is 2. The van der Waals surface area contributed by atoms with Crippen molar-refractivity contribution in [3.05, 3.63) is 65.2 Å². The van der Waals surface area contributed by atoms with Gasteiger partial charge in [0.05, 0.1) is 5.52 Å². The summed E-state index contributed by atoms with van der Waals surface area (Å²) in [5.74, 6) is 2.20. The van der Waals surface area contributed by atoms with E-state index in [4.69, 9.17) is 9.72 Å². The summed E-state index contributed by atoms with van der Waals surface area (Å²) >= 11 is 0. The Kier molecular flexibility index (Phi) is 6.12. The van der Waals surface area contributed by atoms with Crippen molar-refractivity contribution < 1.29 is 9.53 Å². The first-order valence-electron chi connectivity index (χ1n) is 11.0. The van der Waals surface area contributed by atoms with E-state index in [1.54, 1.807) is 0 Å². The minimum absolute atomic E-state index is 0.0403. The Morgan fingerprint density at radius 3 is 2.52 bits per heavy atom. The smallest absolute Gasteiger partial charge is 0.260 e. The zero-order valence-electron chi connectivity index (χ0n) is 18.9. The molecule has 1 amide bonds. The summed E-state index contributed by atoms with van der Waals surface area (Å²) in [4.78, 5) is 21.8. The molecule has 1 aliphatic rings. The normalized spacial score (nSPS) is 14.4. The lowest BCUT2D eigenvalue weighted by molar-refractivity contribution is -0.133. The number of rotatable bonds is 5. The molecule has 2 heterocycles. The Bertz CT molecular complexity index is 1090. The van der Waals surface area contributed by atoms with Crippen LogP contribution in [0, 0.1) is 13.8 Å². The van der Waals surface area contributed by atoms with E-state index in [1.807, 2.05) is 30.0 Å². The minimum Gasteiger partial charge on any atom is -0.483 e. The summed E-state index contributed by atoms with van der Waals surface area (Å²) in [5, 5.41) is 1.19. The average molecular weight is 418 g/mol. The van der Waals surface area contributed by atoms with Crippen LogP contribution in [0.2, 0.25) is 0 Å². The maximum Gasteiger partial charge on any atom is 0.260 e. The van der Waals surface area contributed by atoms with E-state index in [0.717, 1.165) is 41.3 Å². The predicted octanol–water partition coefficient (Wildman–Crippen LogP) is 4.70. The number of nitrogens with zero attached hydrogens (tertiary/aromatic N) is 3. The van der Waals surface area contributed by atoms with Gasteiger partial charge < -0.3 is 14.5 Å². The lowest BCUT2D eigenvalue weighted by Gasteiger charge is -2.35. The number of anilines is 1. The fourth-order valence-corrected chi connectivity index (χ4v) is 4.15. The number of para-hydroxylation sites is 1. The summed E-state index contributed by atoms with van der Waals surface area (Å²) in [6.07, 6.45) is 0. The van der Waals surface area contributed by atoms with Crippen molar-refractivity contribution in [2.24, 2.45) is 0 Å². The van der Waals surface area contributed by atoms with Gasteiger partial charge in [-0.15, -0.1) is 0 Å². The number of pyridine rings is 1. The molecule has 0 unspecified atom stereocenters. The summed E-state index contributed by atoms with van der Waals surface area (Å²) in [5.41, 5.74) is 4.52. The number of piperazine rings is 1. The van der Waals surface area contributed by atoms with Gasteiger partial charge in [0.25, 0.3) is 5.91 Å². The molecule has 162 valence electrons. The van der Waals surface area contributed by atoms with Crippen molar-refractivity contribution in [1.82, 2.24) is 9.88 Å². The van der Waals surface area contributed by atoms with Gasteiger partial charge in [0, 0.05) is 31.6 Å². The van der Waals surface area contributed by atoms with Crippen LogP contribution in [0.15, 0.2) is 48.5 Å². The Labute approximate surface area is 184 Å². The van der Waals surface area contributed by atoms with E-state index in [2.05, 4.69) is 56.0 Å². The first-order chi connectivity index (χ1) is 14.9. The largest absolute Gasteiger partial charge is 0.483 e. The molecular weight excluding hydrogens is 386 g/mol. The minimum atomic E-state index is 0.0403. The number of aryl methyl sites for hydroxylation is 2. The first-order valence-corrected chi connectivity index (χ1v) is 11.0. The van der Waals surface area contributed by atoms with Crippen molar-refractivity contribution in [3.8, 4) is 5.75 Å². The van der Waals surface area contributed by atoms with E-state index < -0.39 is 0 Å². The molecule has 0 saturated carbocycles. The number of hydrogen-bond acceptors (Lipinski definition) is 4. The van der Waals surface area contributed by atoms with E-state index in [-0.39, 0.29) is 12.5 Å². The summed E-state index contributed by atoms with van der Waals surface area (Å²) in [6, 6.07) is 16.6. The van der Waals surface area contributed by atoms with Crippen LogP contribution < -0.4 is 9.64 Å². The second kappa shape index (κ2) is 8.96. The molecule has 3 aromatic rings. The van der Waals surface area contributed by atoms with E-state index in [9.17, 15) is 4.79 Å². The van der Waals surface area contributed by atoms with Crippen molar-refractivity contribution in [3.63, 3.8) is 0 Å². The molecule has 4 rings (SSSR count). The molecule has 5 nitrogen and oxygen atoms in total. The maximum atomic E-state index is 12.8. The van der Waals surface area contributed by atoms with Gasteiger partial charge in [0.1, 0.15) is 11.6 Å². The second-order valence-electron chi connectivity index (χ2n) is 8.67. The van der Waals surface area contributed by atoms with Gasteiger partial charge in [-0.2, -0.15) is 0 Å². The highest BCUT2D eigenvalue weighted by atomic mass is 16.5. The lowest BCUT2D eigenvalue weighted by atomic mass is 10.0. The number of amides is 1. The van der Waals surface area contributed by atoms with Gasteiger partial charge in [-0.3, -0.25) is 4.79 Å². The van der Waals surface area contributed by atoms with Crippen LogP contribution in [0.1, 0.15) is 36.5 Å². The third kappa shape index (κ3) is 4.66. The standard InChI is InChI=1S/C26H31N3O2/c1-18(2)21-10-9-19(3)15-24(21)31-17-26(30)29-13-11-28(12-14-29)25-16-20(4)22-7-5-6-8-23(22)27-25/h5-10,15-16,18H,11-14,17H2,1-4H3. The molecular formula is C26H31N3O2. The highest BCUT2D eigenvalue weighted by Gasteiger charge is 2.23. The summed E-state index contributed by atoms with van der Waals surface area (Å²) in [7, 11) is 0. The van der Waals surface area contributed by atoms with E-state index in [1.165, 1.54) is 10.9 Å². The quantitative estimate of drug-likeness (QED) is 0.604. The lowest BCUT2D eigenvalue weighted by Crippen LogP contribution is -2.50. The highest BCUT2D eigenvalue weighted by Crippen LogP contribution is 2.28. The van der Waals surface area contributed by atoms with Crippen LogP contribution in [0.4, 0.5) is 5.82 Å². The van der Waals surface area contributed by atoms with Crippen molar-refractivity contribution >= 4 is 22.6 Å². The molecule has 1 fully saturated rings. The van der Waals surface area contributed by atoms with E-state index in [0.29, 0.717) is 19.0 Å². The molecule has 0 aliphatic carbocycles. The number of fused-ring (bicyclic) bond motifs is 1. The number of carbonyl (C=O) groups excluding carboxylic acids is 1. The molecule has 1 aliphatic heterocycles. The Morgan fingerprint density at radius 2 is 1.77 bits per heavy atom. The van der Waals surface area contributed by atoms with Crippen LogP contribution in [-0.2, 0) is 4.79 Å². The van der Waals surface area contributed by atoms with Gasteiger partial charge in [-0.05, 0) is 54.7 Å². The third-order valence-electron chi connectivity index (χ3n) is 6.01. The molecule has 0 N–H and O–H groups in total. The third-order valence-corrected chi connectivity index (χ3v) is 6.01. The average Bonchev–Trinajstić information content (AvgIpc) is 2.77. The van der Waals surface area contributed by atoms with Crippen LogP contribution in [0.25, 0.3) is 10.9 Å². The highest BCUT2D eigenvalue weighted by molar-refractivity contribution is 5.84. The topological polar surface area (TPSA) is 45.7 Å². The van der Waals surface area contributed by atoms with Gasteiger partial charge in [0.15, 0.2) is 6.61 Å². The molecule has 31 heavy (non-hydrogen) atoms. The van der Waals surface area contributed by atoms with Gasteiger partial charge in [-0.25, -0.2) is 4.98 Å². The van der Waals surface area contributed by atoms with Crippen molar-refractivity contribution in [2.45, 2.75) is 33.6 Å². The first kappa shape index (κ1) is 21.2. The predicted molar refractivity (Wildman–Crippen MR) is 126 cm³/mol. The zero-order valence-corrected chi connectivity index (χ0v) is 18.9. The maximum absolute atomic E-state index is 12.8. The summed E-state index contributed by atoms with van der Waals surface area (Å²) in [6.45, 7) is 11.4. The summed E-state index contributed by atoms with van der Waals surface area (Å²) < 4.78 is 5.95. The SMILES string of the molecule is Cc1ccc(C(C)C)c(OCC(=O)N2CCN(c3cc(C)c4ccccc4n3)CC2)c1. The Morgan fingerprint density at radius 1 is 1.03 bits per heavy atom. The van der Waals surface area contributed by atoms with Gasteiger partial charge >= 0.3 is 0 Å². The number of ether oxygens (including phenoxy) is 1. The van der Waals surface area contributed by atoms with Crippen LogP contribution in [0.5, 0.6) is 5.75 Å². The Hall–Kier alpha value is -3.08. The fraction of sp³-hybridized carbons (Fsp3) is 0.385.